The standard InChI is InChI=1S/C6H8N4O/c1-5(8)6(4-7)9-2-3-10-11/h2-3,10-11H,1,8H2. The summed E-state index contributed by atoms with van der Waals surface area (Å²) in [5, 5.41) is 16.4. The number of rotatable bonds is 3. The van der Waals surface area contributed by atoms with E-state index >= 15 is 0 Å². The van der Waals surface area contributed by atoms with Gasteiger partial charge in [0.2, 0.25) is 0 Å². The van der Waals surface area contributed by atoms with Crippen molar-refractivity contribution < 1.29 is 5.21 Å². The Labute approximate surface area is 64.1 Å². The highest BCUT2D eigenvalue weighted by atomic mass is 16.5. The summed E-state index contributed by atoms with van der Waals surface area (Å²) >= 11 is 0. The zero-order chi connectivity index (χ0) is 8.69. The maximum atomic E-state index is 8.36. The van der Waals surface area contributed by atoms with Crippen LogP contribution in [-0.2, 0) is 0 Å². The van der Waals surface area contributed by atoms with Gasteiger partial charge in [-0.15, -0.1) is 0 Å². The Morgan fingerprint density at radius 3 is 2.82 bits per heavy atom. The molecule has 0 unspecified atom stereocenters. The lowest BCUT2D eigenvalue weighted by Gasteiger charge is -1.90. The molecule has 0 aliphatic heterocycles. The zero-order valence-corrected chi connectivity index (χ0v) is 5.78. The van der Waals surface area contributed by atoms with Crippen LogP contribution in [0.3, 0.4) is 0 Å². The molecular weight excluding hydrogens is 144 g/mol. The van der Waals surface area contributed by atoms with E-state index < -0.39 is 0 Å². The molecule has 4 N–H and O–H groups in total. The van der Waals surface area contributed by atoms with Gasteiger partial charge < -0.3 is 5.73 Å². The number of nitrogens with two attached hydrogens (primary N) is 1. The van der Waals surface area contributed by atoms with Crippen molar-refractivity contribution in [1.82, 2.24) is 5.48 Å². The summed E-state index contributed by atoms with van der Waals surface area (Å²) in [4.78, 5) is 3.56. The highest BCUT2D eigenvalue weighted by Crippen LogP contribution is 1.85. The van der Waals surface area contributed by atoms with Gasteiger partial charge in [0.25, 0.3) is 0 Å². The van der Waals surface area contributed by atoms with E-state index in [0.717, 1.165) is 6.20 Å². The van der Waals surface area contributed by atoms with Gasteiger partial charge >= 0.3 is 0 Å². The predicted molar refractivity (Wildman–Crippen MR) is 40.4 cm³/mol. The molecule has 0 bridgehead atoms. The molecule has 0 aliphatic rings. The first-order chi connectivity index (χ1) is 5.22. The molecule has 5 nitrogen and oxygen atoms in total. The van der Waals surface area contributed by atoms with E-state index in [0.29, 0.717) is 0 Å². The topological polar surface area (TPSA) is 94.4 Å². The van der Waals surface area contributed by atoms with Crippen LogP contribution in [0.5, 0.6) is 0 Å². The lowest BCUT2D eigenvalue weighted by atomic mass is 10.3. The summed E-state index contributed by atoms with van der Waals surface area (Å²) in [5.74, 6) is 0. The number of hydroxylamine groups is 1. The van der Waals surface area contributed by atoms with E-state index in [-0.39, 0.29) is 11.4 Å². The second-order valence-electron chi connectivity index (χ2n) is 1.56. The van der Waals surface area contributed by atoms with Gasteiger partial charge in [0.1, 0.15) is 6.07 Å². The number of hydrogen-bond acceptors (Lipinski definition) is 5. The van der Waals surface area contributed by atoms with Crippen molar-refractivity contribution in [3.05, 3.63) is 24.7 Å². The molecule has 0 amide bonds. The summed E-state index contributed by atoms with van der Waals surface area (Å²) in [7, 11) is 0. The van der Waals surface area contributed by atoms with Crippen LogP contribution in [-0.4, -0.2) is 10.9 Å². The lowest BCUT2D eigenvalue weighted by molar-refractivity contribution is 0.214. The predicted octanol–water partition coefficient (Wildman–Crippen LogP) is -0.127. The molecule has 0 aromatic rings. The highest BCUT2D eigenvalue weighted by molar-refractivity contribution is 6.10. The second kappa shape index (κ2) is 5.02. The minimum absolute atomic E-state index is 0.0245. The fourth-order valence-electron chi connectivity index (χ4n) is 0.329. The molecular formula is C6H8N4O. The normalized spacial score (nSPS) is 11.1. The van der Waals surface area contributed by atoms with Crippen molar-refractivity contribution in [1.29, 1.82) is 5.26 Å². The van der Waals surface area contributed by atoms with E-state index in [4.69, 9.17) is 16.2 Å². The Kier molecular flexibility index (Phi) is 4.20. The largest absolute Gasteiger partial charge is 0.397 e. The Morgan fingerprint density at radius 2 is 2.45 bits per heavy atom. The zero-order valence-electron chi connectivity index (χ0n) is 5.78. The fourth-order valence-corrected chi connectivity index (χ4v) is 0.329. The first-order valence-corrected chi connectivity index (χ1v) is 2.69. The average molecular weight is 152 g/mol. The van der Waals surface area contributed by atoms with E-state index in [1.807, 2.05) is 0 Å². The van der Waals surface area contributed by atoms with Crippen LogP contribution in [0.15, 0.2) is 29.7 Å². The summed E-state index contributed by atoms with van der Waals surface area (Å²) in [6, 6.07) is 1.73. The van der Waals surface area contributed by atoms with E-state index in [1.165, 1.54) is 6.20 Å². The molecule has 58 valence electrons. The first-order valence-electron chi connectivity index (χ1n) is 2.69. The SMILES string of the molecule is C=C(N)C(C#N)=NC=CNO. The maximum absolute atomic E-state index is 8.36. The number of allylic oxidation sites excluding steroid dienone is 1. The van der Waals surface area contributed by atoms with Crippen molar-refractivity contribution in [2.75, 3.05) is 0 Å². The quantitative estimate of drug-likeness (QED) is 0.388. The number of aliphatic imine (C=N–C) groups is 1. The maximum Gasteiger partial charge on any atom is 0.162 e. The van der Waals surface area contributed by atoms with Crippen LogP contribution in [0.25, 0.3) is 0 Å². The molecule has 0 aromatic carbocycles. The van der Waals surface area contributed by atoms with Crippen LogP contribution in [0.1, 0.15) is 0 Å². The summed E-state index contributed by atoms with van der Waals surface area (Å²) < 4.78 is 0. The van der Waals surface area contributed by atoms with Crippen molar-refractivity contribution in [2.24, 2.45) is 10.7 Å². The van der Waals surface area contributed by atoms with Crippen LogP contribution in [0, 0.1) is 11.3 Å². The molecule has 0 radical (unpaired) electrons. The Bertz CT molecular complexity index is 235. The van der Waals surface area contributed by atoms with Gasteiger partial charge in [-0.2, -0.15) is 5.26 Å². The third-order valence-electron chi connectivity index (χ3n) is 0.763. The van der Waals surface area contributed by atoms with E-state index in [2.05, 4.69) is 11.6 Å². The molecule has 0 saturated heterocycles. The first kappa shape index (κ1) is 9.20. The summed E-state index contributed by atoms with van der Waals surface area (Å²) in [6.45, 7) is 3.31. The lowest BCUT2D eigenvalue weighted by Crippen LogP contribution is -2.06. The van der Waals surface area contributed by atoms with Gasteiger partial charge in [-0.05, 0) is 0 Å². The Hall–Kier alpha value is -1.80. The minimum atomic E-state index is 0.0245. The summed E-state index contributed by atoms with van der Waals surface area (Å²) in [5.41, 5.74) is 7.00. The van der Waals surface area contributed by atoms with Crippen molar-refractivity contribution >= 4 is 5.71 Å². The third kappa shape index (κ3) is 3.72. The van der Waals surface area contributed by atoms with Gasteiger partial charge in [-0.25, -0.2) is 4.99 Å². The number of nitrogens with one attached hydrogen (secondary N) is 1. The summed E-state index contributed by atoms with van der Waals surface area (Å²) in [6.07, 6.45) is 2.33. The van der Waals surface area contributed by atoms with Crippen molar-refractivity contribution in [3.8, 4) is 6.07 Å². The molecule has 0 heterocycles. The second-order valence-corrected chi connectivity index (χ2v) is 1.56. The van der Waals surface area contributed by atoms with Gasteiger partial charge in [-0.3, -0.25) is 10.7 Å². The smallest absolute Gasteiger partial charge is 0.162 e. The van der Waals surface area contributed by atoms with Crippen LogP contribution < -0.4 is 11.2 Å². The van der Waals surface area contributed by atoms with Gasteiger partial charge in [-0.1, -0.05) is 6.58 Å². The fraction of sp³-hybridized carbons (Fsp3) is 0. The van der Waals surface area contributed by atoms with E-state index in [9.17, 15) is 0 Å². The monoisotopic (exact) mass is 152 g/mol. The highest BCUT2D eigenvalue weighted by Gasteiger charge is 1.94. The van der Waals surface area contributed by atoms with Gasteiger partial charge in [0, 0.05) is 12.4 Å². The van der Waals surface area contributed by atoms with E-state index in [1.54, 1.807) is 11.5 Å². The molecule has 0 aromatic heterocycles. The molecule has 0 rings (SSSR count). The number of nitriles is 1. The van der Waals surface area contributed by atoms with Crippen LogP contribution in [0.2, 0.25) is 0 Å². The van der Waals surface area contributed by atoms with Crippen molar-refractivity contribution in [2.45, 2.75) is 0 Å². The molecule has 5 heteroatoms. The third-order valence-corrected chi connectivity index (χ3v) is 0.763. The minimum Gasteiger partial charge on any atom is -0.397 e. The molecule has 0 atom stereocenters. The number of nitrogens with zero attached hydrogens (tertiary/aromatic N) is 2. The average Bonchev–Trinajstić information content (AvgIpc) is 1.97. The molecule has 0 fully saturated rings. The molecule has 0 aliphatic carbocycles. The Balaban J connectivity index is 4.28. The van der Waals surface area contributed by atoms with Gasteiger partial charge in [0.15, 0.2) is 5.71 Å². The number of hydrogen-bond donors (Lipinski definition) is 3. The Morgan fingerprint density at radius 1 is 1.82 bits per heavy atom. The van der Waals surface area contributed by atoms with Crippen LogP contribution in [0.4, 0.5) is 0 Å². The molecule has 0 saturated carbocycles. The molecule has 11 heavy (non-hydrogen) atoms. The molecule has 0 spiro atoms. The van der Waals surface area contributed by atoms with Crippen molar-refractivity contribution in [3.63, 3.8) is 0 Å². The van der Waals surface area contributed by atoms with Gasteiger partial charge in [0.05, 0.1) is 5.70 Å². The van der Waals surface area contributed by atoms with Crippen LogP contribution >= 0.6 is 0 Å².